The summed E-state index contributed by atoms with van der Waals surface area (Å²) in [4.78, 5) is 4.21. The number of methoxy groups -OCH3 is 2. The zero-order valence-corrected chi connectivity index (χ0v) is 15.1. The normalized spacial score (nSPS) is 11.2. The van der Waals surface area contributed by atoms with Crippen LogP contribution in [0.3, 0.4) is 0 Å². The number of hydrogen-bond acceptors (Lipinski definition) is 4. The van der Waals surface area contributed by atoms with Gasteiger partial charge in [0.25, 0.3) is 0 Å². The molecule has 5 heteroatoms. The lowest BCUT2D eigenvalue weighted by atomic mass is 10.2. The Morgan fingerprint density at radius 3 is 1.88 bits per heavy atom. The first-order chi connectivity index (χ1) is 12.2. The maximum Gasteiger partial charge on any atom is 0.337 e. The predicted octanol–water partition coefficient (Wildman–Crippen LogP) is 3.61. The van der Waals surface area contributed by atoms with Crippen molar-refractivity contribution in [2.45, 2.75) is 32.5 Å². The van der Waals surface area contributed by atoms with E-state index in [1.807, 2.05) is 36.4 Å². The van der Waals surface area contributed by atoms with E-state index in [1.165, 1.54) is 5.56 Å². The average molecular weight is 340 g/mol. The fourth-order valence-corrected chi connectivity index (χ4v) is 2.26. The van der Waals surface area contributed by atoms with Gasteiger partial charge in [-0.1, -0.05) is 36.6 Å². The molecular weight excluding hydrogens is 314 g/mol. The lowest BCUT2D eigenvalue weighted by Crippen LogP contribution is -2.26. The minimum absolute atomic E-state index is 0.102. The molecule has 5 nitrogen and oxygen atoms in total. The Bertz CT molecular complexity index is 688. The smallest absolute Gasteiger partial charge is 0.337 e. The molecule has 132 valence electrons. The van der Waals surface area contributed by atoms with E-state index >= 15 is 0 Å². The second-order valence-corrected chi connectivity index (χ2v) is 5.61. The number of nitrogens with one attached hydrogen (secondary N) is 2. The Labute approximate surface area is 149 Å². The van der Waals surface area contributed by atoms with Gasteiger partial charge in [0, 0.05) is 6.54 Å². The van der Waals surface area contributed by atoms with Crippen molar-refractivity contribution in [3.8, 4) is 17.6 Å². The molecule has 1 unspecified atom stereocenters. The number of ether oxygens (including phenoxy) is 2. The van der Waals surface area contributed by atoms with Crippen molar-refractivity contribution in [2.75, 3.05) is 14.2 Å². The molecule has 0 aliphatic heterocycles. The van der Waals surface area contributed by atoms with Crippen LogP contribution in [0, 0.1) is 6.07 Å². The lowest BCUT2D eigenvalue weighted by molar-refractivity contribution is 0.414. The molecule has 0 aromatic heterocycles. The van der Waals surface area contributed by atoms with Gasteiger partial charge in [0.1, 0.15) is 24.1 Å². The number of rotatable bonds is 8. The maximum absolute atomic E-state index is 5.17. The molecule has 0 amide bonds. The largest absolute Gasteiger partial charge is 0.497 e. The highest BCUT2D eigenvalue weighted by atomic mass is 16.5. The topological polar surface area (TPSA) is 46.9 Å². The van der Waals surface area contributed by atoms with Crippen LogP contribution in [0.15, 0.2) is 48.5 Å². The van der Waals surface area contributed by atoms with Gasteiger partial charge in [-0.05, 0) is 41.8 Å². The van der Waals surface area contributed by atoms with Gasteiger partial charge in [-0.25, -0.2) is 0 Å². The van der Waals surface area contributed by atoms with Crippen LogP contribution in [0.25, 0.3) is 4.95 Å². The van der Waals surface area contributed by atoms with E-state index in [0.717, 1.165) is 30.0 Å². The summed E-state index contributed by atoms with van der Waals surface area (Å²) in [6.07, 6.45) is 0.921. The van der Waals surface area contributed by atoms with Crippen LogP contribution in [-0.4, -0.2) is 20.3 Å². The summed E-state index contributed by atoms with van der Waals surface area (Å²) in [5.41, 5.74) is 5.38. The minimum Gasteiger partial charge on any atom is -0.497 e. The molecule has 2 rings (SSSR count). The Balaban J connectivity index is 1.77. The summed E-state index contributed by atoms with van der Waals surface area (Å²) in [6.45, 7) is 3.53. The Morgan fingerprint density at radius 2 is 1.40 bits per heavy atom. The molecule has 2 aromatic rings. The van der Waals surface area contributed by atoms with Gasteiger partial charge in [-0.2, -0.15) is 0 Å². The Hall–Kier alpha value is -2.71. The van der Waals surface area contributed by atoms with Crippen molar-refractivity contribution in [3.63, 3.8) is 0 Å². The van der Waals surface area contributed by atoms with E-state index in [4.69, 9.17) is 9.47 Å². The highest BCUT2D eigenvalue weighted by Crippen LogP contribution is 2.12. The van der Waals surface area contributed by atoms with Crippen LogP contribution in [0.1, 0.15) is 24.5 Å². The van der Waals surface area contributed by atoms with Gasteiger partial charge in [0.15, 0.2) is 0 Å². The van der Waals surface area contributed by atoms with Gasteiger partial charge in [0.2, 0.25) is 0 Å². The fourth-order valence-electron chi connectivity index (χ4n) is 2.26. The van der Waals surface area contributed by atoms with Crippen LogP contribution in [0.2, 0.25) is 0 Å². The van der Waals surface area contributed by atoms with Gasteiger partial charge in [-0.15, -0.1) is 0 Å². The van der Waals surface area contributed by atoms with E-state index in [0.29, 0.717) is 6.54 Å². The Morgan fingerprint density at radius 1 is 0.880 bits per heavy atom. The molecule has 0 spiro atoms. The minimum atomic E-state index is 0.102. The zero-order valence-electron chi connectivity index (χ0n) is 15.1. The monoisotopic (exact) mass is 340 g/mol. The third-order valence-corrected chi connectivity index (χ3v) is 3.86. The molecule has 0 radical (unpaired) electrons. The molecule has 0 aliphatic rings. The number of hydrogen-bond donors (Lipinski definition) is 2. The summed E-state index contributed by atoms with van der Waals surface area (Å²) in [5.74, 6) is 1.72. The first-order valence-electron chi connectivity index (χ1n) is 8.42. The van der Waals surface area contributed by atoms with E-state index in [1.54, 1.807) is 14.2 Å². The van der Waals surface area contributed by atoms with Gasteiger partial charge < -0.3 is 9.47 Å². The third-order valence-electron chi connectivity index (χ3n) is 3.86. The summed E-state index contributed by atoms with van der Waals surface area (Å²) >= 11 is 0. The summed E-state index contributed by atoms with van der Waals surface area (Å²) < 4.78 is 10.3. The standard InChI is InChI=1S/C20H26N3O2/c1-4-18(21-13-16-5-9-19(24-2)10-6-16)15-23-22-14-17-7-11-20(25-3)12-8-17/h5-12,18,21-22H,4,13-14H2,1-3H3/q+1. The van der Waals surface area contributed by atoms with E-state index < -0.39 is 0 Å². The molecule has 2 N–H and O–H groups in total. The molecule has 0 heterocycles. The van der Waals surface area contributed by atoms with Gasteiger partial charge >= 0.3 is 6.07 Å². The van der Waals surface area contributed by atoms with Crippen LogP contribution < -0.4 is 20.2 Å². The third kappa shape index (κ3) is 6.36. The van der Waals surface area contributed by atoms with Crippen molar-refractivity contribution >= 4 is 0 Å². The van der Waals surface area contributed by atoms with Crippen LogP contribution in [0.4, 0.5) is 0 Å². The van der Waals surface area contributed by atoms with Gasteiger partial charge in [-0.3, -0.25) is 5.32 Å². The van der Waals surface area contributed by atoms with Crippen molar-refractivity contribution < 1.29 is 9.47 Å². The average Bonchev–Trinajstić information content (AvgIpc) is 2.68. The van der Waals surface area contributed by atoms with Crippen molar-refractivity contribution in [3.05, 3.63) is 64.6 Å². The first kappa shape index (κ1) is 18.6. The Kier molecular flexibility index (Phi) is 7.61. The molecular formula is C20H26N3O2+. The SMILES string of the molecule is CCC(C#[N+]NCc1ccc(OC)cc1)NCc1ccc(OC)cc1. The molecule has 0 bridgehead atoms. The second kappa shape index (κ2) is 10.2. The maximum atomic E-state index is 5.17. The summed E-state index contributed by atoms with van der Waals surface area (Å²) in [5, 5.41) is 3.43. The zero-order chi connectivity index (χ0) is 17.9. The van der Waals surface area contributed by atoms with Crippen LogP contribution in [-0.2, 0) is 13.1 Å². The predicted molar refractivity (Wildman–Crippen MR) is 101 cm³/mol. The molecule has 0 saturated carbocycles. The highest BCUT2D eigenvalue weighted by molar-refractivity contribution is 5.28. The van der Waals surface area contributed by atoms with Crippen LogP contribution in [0.5, 0.6) is 11.5 Å². The molecule has 0 fully saturated rings. The van der Waals surface area contributed by atoms with E-state index in [2.05, 4.69) is 40.8 Å². The summed E-state index contributed by atoms with van der Waals surface area (Å²) in [6, 6.07) is 19.2. The molecule has 1 atom stereocenters. The van der Waals surface area contributed by atoms with Crippen molar-refractivity contribution in [1.82, 2.24) is 10.7 Å². The number of nitrogens with zero attached hydrogens (tertiary/aromatic N) is 1. The quantitative estimate of drug-likeness (QED) is 0.721. The summed E-state index contributed by atoms with van der Waals surface area (Å²) in [7, 11) is 3.33. The van der Waals surface area contributed by atoms with E-state index in [9.17, 15) is 0 Å². The lowest BCUT2D eigenvalue weighted by Gasteiger charge is -2.07. The number of benzene rings is 2. The van der Waals surface area contributed by atoms with Crippen molar-refractivity contribution in [1.29, 1.82) is 0 Å². The fraction of sp³-hybridized carbons (Fsp3) is 0.350. The van der Waals surface area contributed by atoms with Crippen LogP contribution >= 0.6 is 0 Å². The molecule has 2 aromatic carbocycles. The van der Waals surface area contributed by atoms with Crippen molar-refractivity contribution in [2.24, 2.45) is 0 Å². The molecule has 25 heavy (non-hydrogen) atoms. The molecule has 0 saturated heterocycles. The highest BCUT2D eigenvalue weighted by Gasteiger charge is 2.09. The molecule has 0 aliphatic carbocycles. The second-order valence-electron chi connectivity index (χ2n) is 5.61. The van der Waals surface area contributed by atoms with Gasteiger partial charge in [0.05, 0.1) is 19.2 Å². The first-order valence-corrected chi connectivity index (χ1v) is 8.42. The van der Waals surface area contributed by atoms with E-state index in [-0.39, 0.29) is 6.04 Å².